The average molecular weight is 452 g/mol. The molecule has 3 aromatic heterocycles. The summed E-state index contributed by atoms with van der Waals surface area (Å²) in [5.41, 5.74) is 10.8. The molecule has 1 aliphatic rings. The SMILES string of the molecule is C=C(Nc1cnc(-c2cc(C3=NCC=C3)n(Cc3ccccc3F)n2)nc1N)c1ccncc1. The molecule has 0 amide bonds. The van der Waals surface area contributed by atoms with Crippen LogP contribution in [0.5, 0.6) is 0 Å². The first-order valence-electron chi connectivity index (χ1n) is 10.6. The zero-order valence-electron chi connectivity index (χ0n) is 18.2. The second-order valence-electron chi connectivity index (χ2n) is 7.62. The van der Waals surface area contributed by atoms with E-state index < -0.39 is 0 Å². The number of aliphatic imine (C=N–C) groups is 1. The van der Waals surface area contributed by atoms with Crippen LogP contribution in [0, 0.1) is 5.82 Å². The predicted octanol–water partition coefficient (Wildman–Crippen LogP) is 3.95. The first-order valence-corrected chi connectivity index (χ1v) is 10.6. The Labute approximate surface area is 195 Å². The Morgan fingerprint density at radius 1 is 1.18 bits per heavy atom. The molecule has 9 heteroatoms. The Hall–Kier alpha value is -4.66. The Kier molecular flexibility index (Phi) is 5.65. The van der Waals surface area contributed by atoms with Gasteiger partial charge in [-0.05, 0) is 30.3 Å². The largest absolute Gasteiger partial charge is 0.382 e. The number of nitrogens with one attached hydrogen (secondary N) is 1. The van der Waals surface area contributed by atoms with E-state index in [1.807, 2.05) is 30.4 Å². The molecule has 5 rings (SSSR count). The highest BCUT2D eigenvalue weighted by Crippen LogP contribution is 2.25. The van der Waals surface area contributed by atoms with Gasteiger partial charge in [-0.2, -0.15) is 5.10 Å². The van der Waals surface area contributed by atoms with Crippen molar-refractivity contribution in [2.45, 2.75) is 6.54 Å². The number of anilines is 2. The summed E-state index contributed by atoms with van der Waals surface area (Å²) in [5.74, 6) is 0.317. The lowest BCUT2D eigenvalue weighted by atomic mass is 10.2. The zero-order valence-corrected chi connectivity index (χ0v) is 18.2. The molecule has 0 radical (unpaired) electrons. The second kappa shape index (κ2) is 9.07. The van der Waals surface area contributed by atoms with Crippen LogP contribution in [0.1, 0.15) is 16.8 Å². The van der Waals surface area contributed by atoms with Gasteiger partial charge in [-0.25, -0.2) is 14.4 Å². The van der Waals surface area contributed by atoms with Gasteiger partial charge in [0.1, 0.15) is 11.5 Å². The summed E-state index contributed by atoms with van der Waals surface area (Å²) in [4.78, 5) is 17.4. The van der Waals surface area contributed by atoms with Gasteiger partial charge in [0.2, 0.25) is 0 Å². The van der Waals surface area contributed by atoms with Crippen molar-refractivity contribution >= 4 is 22.9 Å². The van der Waals surface area contributed by atoms with Gasteiger partial charge in [-0.3, -0.25) is 14.7 Å². The lowest BCUT2D eigenvalue weighted by Gasteiger charge is -2.11. The Bertz CT molecular complexity index is 1420. The molecule has 0 unspecified atom stereocenters. The second-order valence-corrected chi connectivity index (χ2v) is 7.62. The van der Waals surface area contributed by atoms with Crippen LogP contribution >= 0.6 is 0 Å². The summed E-state index contributed by atoms with van der Waals surface area (Å²) in [6, 6.07) is 12.1. The van der Waals surface area contributed by atoms with E-state index >= 15 is 0 Å². The van der Waals surface area contributed by atoms with Crippen LogP contribution in [0.25, 0.3) is 17.2 Å². The number of halogens is 1. The number of aromatic nitrogens is 5. The van der Waals surface area contributed by atoms with Crippen LogP contribution in [0.2, 0.25) is 0 Å². The van der Waals surface area contributed by atoms with Crippen molar-refractivity contribution in [3.63, 3.8) is 0 Å². The monoisotopic (exact) mass is 452 g/mol. The lowest BCUT2D eigenvalue weighted by molar-refractivity contribution is 0.584. The average Bonchev–Trinajstić information content (AvgIpc) is 3.52. The van der Waals surface area contributed by atoms with Gasteiger partial charge in [0.05, 0.1) is 36.4 Å². The van der Waals surface area contributed by atoms with Crippen molar-refractivity contribution in [2.75, 3.05) is 17.6 Å². The first-order chi connectivity index (χ1) is 16.6. The standard InChI is InChI=1S/C25H21FN8/c1-16(17-8-11-28-12-9-17)31-22-14-30-25(32-24(22)27)21-13-23(20-7-4-10-29-20)34(33-21)15-18-5-2-3-6-19(18)26/h2-9,11-14,31H,1,10,15H2,(H2,27,30,32). The predicted molar refractivity (Wildman–Crippen MR) is 131 cm³/mol. The number of nitrogens with zero attached hydrogens (tertiary/aromatic N) is 6. The summed E-state index contributed by atoms with van der Waals surface area (Å²) < 4.78 is 16.0. The third kappa shape index (κ3) is 4.31. The maximum Gasteiger partial charge on any atom is 0.182 e. The van der Waals surface area contributed by atoms with Crippen molar-refractivity contribution in [3.05, 3.63) is 102 Å². The minimum atomic E-state index is -0.292. The molecule has 0 saturated heterocycles. The molecule has 0 bridgehead atoms. The van der Waals surface area contributed by atoms with E-state index in [4.69, 9.17) is 5.73 Å². The molecular formula is C25H21FN8. The fourth-order valence-corrected chi connectivity index (χ4v) is 3.58. The Morgan fingerprint density at radius 3 is 2.74 bits per heavy atom. The normalized spacial score (nSPS) is 12.6. The van der Waals surface area contributed by atoms with E-state index in [2.05, 4.69) is 36.9 Å². The molecule has 0 fully saturated rings. The number of allylic oxidation sites excluding steroid dienone is 1. The molecule has 0 atom stereocenters. The number of hydrogen-bond donors (Lipinski definition) is 2. The summed E-state index contributed by atoms with van der Waals surface area (Å²) >= 11 is 0. The third-order valence-electron chi connectivity index (χ3n) is 5.32. The van der Waals surface area contributed by atoms with E-state index in [9.17, 15) is 4.39 Å². The maximum atomic E-state index is 14.3. The fraction of sp³-hybridized carbons (Fsp3) is 0.0800. The summed E-state index contributed by atoms with van der Waals surface area (Å²) in [7, 11) is 0. The van der Waals surface area contributed by atoms with Gasteiger partial charge < -0.3 is 11.1 Å². The van der Waals surface area contributed by atoms with Crippen molar-refractivity contribution < 1.29 is 4.39 Å². The minimum absolute atomic E-state index is 0.246. The topological polar surface area (TPSA) is 107 Å². The number of hydrogen-bond acceptors (Lipinski definition) is 7. The molecule has 4 aromatic rings. The minimum Gasteiger partial charge on any atom is -0.382 e. The molecule has 3 N–H and O–H groups in total. The van der Waals surface area contributed by atoms with Crippen molar-refractivity contribution in [3.8, 4) is 11.5 Å². The number of benzene rings is 1. The quantitative estimate of drug-likeness (QED) is 0.440. The van der Waals surface area contributed by atoms with Crippen LogP contribution in [0.3, 0.4) is 0 Å². The van der Waals surface area contributed by atoms with Gasteiger partial charge in [-0.1, -0.05) is 30.9 Å². The lowest BCUT2D eigenvalue weighted by Crippen LogP contribution is -2.11. The van der Waals surface area contributed by atoms with Gasteiger partial charge in [0, 0.05) is 29.2 Å². The molecule has 0 saturated carbocycles. The fourth-order valence-electron chi connectivity index (χ4n) is 3.58. The van der Waals surface area contributed by atoms with E-state index in [0.29, 0.717) is 35.0 Å². The number of nitrogen functional groups attached to an aromatic ring is 1. The molecular weight excluding hydrogens is 431 g/mol. The Balaban J connectivity index is 1.45. The van der Waals surface area contributed by atoms with Gasteiger partial charge >= 0.3 is 0 Å². The summed E-state index contributed by atoms with van der Waals surface area (Å²) in [6.45, 7) is 4.88. The van der Waals surface area contributed by atoms with E-state index in [1.165, 1.54) is 6.07 Å². The molecule has 1 aliphatic heterocycles. The van der Waals surface area contributed by atoms with Crippen molar-refractivity contribution in [2.24, 2.45) is 4.99 Å². The highest BCUT2D eigenvalue weighted by atomic mass is 19.1. The van der Waals surface area contributed by atoms with Crippen molar-refractivity contribution in [1.29, 1.82) is 0 Å². The summed E-state index contributed by atoms with van der Waals surface area (Å²) in [6.07, 6.45) is 8.84. The van der Waals surface area contributed by atoms with Gasteiger partial charge in [-0.15, -0.1) is 0 Å². The number of pyridine rings is 1. The van der Waals surface area contributed by atoms with Crippen LogP contribution in [-0.4, -0.2) is 37.0 Å². The molecule has 168 valence electrons. The third-order valence-corrected chi connectivity index (χ3v) is 5.32. The van der Waals surface area contributed by atoms with Crippen LogP contribution in [-0.2, 0) is 6.54 Å². The number of nitrogens with two attached hydrogens (primary N) is 1. The number of rotatable bonds is 7. The Morgan fingerprint density at radius 2 is 2.00 bits per heavy atom. The van der Waals surface area contributed by atoms with E-state index in [0.717, 1.165) is 17.0 Å². The van der Waals surface area contributed by atoms with Crippen molar-refractivity contribution in [1.82, 2.24) is 24.7 Å². The first kappa shape index (κ1) is 21.2. The maximum absolute atomic E-state index is 14.3. The van der Waals surface area contributed by atoms with Crippen LogP contribution in [0.15, 0.2) is 84.8 Å². The molecule has 8 nitrogen and oxygen atoms in total. The molecule has 0 aliphatic carbocycles. The van der Waals surface area contributed by atoms with Gasteiger partial charge in [0.15, 0.2) is 11.6 Å². The van der Waals surface area contributed by atoms with Gasteiger partial charge in [0.25, 0.3) is 0 Å². The van der Waals surface area contributed by atoms with E-state index in [1.54, 1.807) is 41.5 Å². The molecule has 4 heterocycles. The highest BCUT2D eigenvalue weighted by Gasteiger charge is 2.18. The highest BCUT2D eigenvalue weighted by molar-refractivity contribution is 6.09. The van der Waals surface area contributed by atoms with Crippen LogP contribution in [0.4, 0.5) is 15.9 Å². The zero-order chi connectivity index (χ0) is 23.5. The molecule has 1 aromatic carbocycles. The van der Waals surface area contributed by atoms with Crippen LogP contribution < -0.4 is 11.1 Å². The summed E-state index contributed by atoms with van der Waals surface area (Å²) in [5, 5.41) is 7.79. The molecule has 0 spiro atoms. The molecule has 34 heavy (non-hydrogen) atoms. The smallest absolute Gasteiger partial charge is 0.182 e. The van der Waals surface area contributed by atoms with E-state index in [-0.39, 0.29) is 18.2 Å².